The summed E-state index contributed by atoms with van der Waals surface area (Å²) in [5.41, 5.74) is -0.00406. The fraction of sp³-hybridized carbons (Fsp3) is 0.800. The van der Waals surface area contributed by atoms with Crippen molar-refractivity contribution in [1.29, 1.82) is 0 Å². The van der Waals surface area contributed by atoms with Gasteiger partial charge in [0.25, 0.3) is 5.91 Å². The van der Waals surface area contributed by atoms with Gasteiger partial charge in [0.05, 0.1) is 5.92 Å². The van der Waals surface area contributed by atoms with Crippen LogP contribution in [0.15, 0.2) is 5.16 Å². The summed E-state index contributed by atoms with van der Waals surface area (Å²) in [7, 11) is 0. The average molecular weight is 393 g/mol. The molecule has 8 nitrogen and oxygen atoms in total. The van der Waals surface area contributed by atoms with Crippen LogP contribution in [0.3, 0.4) is 0 Å². The van der Waals surface area contributed by atoms with Gasteiger partial charge in [0.15, 0.2) is 0 Å². The fourth-order valence-electron chi connectivity index (χ4n) is 4.47. The lowest BCUT2D eigenvalue weighted by atomic mass is 9.86. The number of nitrogens with zero attached hydrogens (tertiary/aromatic N) is 4. The van der Waals surface area contributed by atoms with E-state index in [1.54, 1.807) is 11.8 Å². The molecule has 2 fully saturated rings. The molecule has 28 heavy (non-hydrogen) atoms. The van der Waals surface area contributed by atoms with Crippen LogP contribution in [0, 0.1) is 5.92 Å². The molecule has 1 unspecified atom stereocenters. The van der Waals surface area contributed by atoms with Crippen LogP contribution in [0.25, 0.3) is 0 Å². The molecule has 1 spiro atoms. The molecule has 8 heteroatoms. The van der Waals surface area contributed by atoms with E-state index in [-0.39, 0.29) is 23.6 Å². The minimum Gasteiger partial charge on any atom is -0.388 e. The van der Waals surface area contributed by atoms with Gasteiger partial charge in [-0.05, 0) is 26.7 Å². The van der Waals surface area contributed by atoms with E-state index in [0.717, 1.165) is 12.8 Å². The molecule has 0 N–H and O–H groups in total. The molecule has 0 radical (unpaired) electrons. The molecule has 3 aliphatic heterocycles. The minimum atomic E-state index is -0.455. The van der Waals surface area contributed by atoms with Crippen molar-refractivity contribution in [2.75, 3.05) is 39.3 Å². The Bertz CT molecular complexity index is 651. The first-order valence-electron chi connectivity index (χ1n) is 10.5. The maximum atomic E-state index is 13.0. The number of carbonyl (C=O) groups is 3. The molecule has 1 atom stereocenters. The topological polar surface area (TPSA) is 82.5 Å². The monoisotopic (exact) mass is 392 g/mol. The summed E-state index contributed by atoms with van der Waals surface area (Å²) >= 11 is 0. The van der Waals surface area contributed by atoms with Crippen molar-refractivity contribution in [2.24, 2.45) is 11.1 Å². The van der Waals surface area contributed by atoms with E-state index >= 15 is 0 Å². The molecule has 156 valence electrons. The lowest BCUT2D eigenvalue weighted by Crippen LogP contribution is -2.49. The Balaban J connectivity index is 1.57. The summed E-state index contributed by atoms with van der Waals surface area (Å²) in [5.74, 6) is -0.0290. The molecule has 0 aliphatic carbocycles. The maximum absolute atomic E-state index is 13.0. The van der Waals surface area contributed by atoms with E-state index in [2.05, 4.69) is 5.16 Å². The number of oxime groups is 1. The summed E-state index contributed by atoms with van der Waals surface area (Å²) in [4.78, 5) is 48.3. The molecule has 0 bridgehead atoms. The van der Waals surface area contributed by atoms with Gasteiger partial charge in [-0.25, -0.2) is 0 Å². The van der Waals surface area contributed by atoms with Gasteiger partial charge in [0, 0.05) is 65.5 Å². The summed E-state index contributed by atoms with van der Waals surface area (Å²) < 4.78 is 0. The van der Waals surface area contributed by atoms with E-state index in [1.165, 1.54) is 0 Å². The lowest BCUT2D eigenvalue weighted by Gasteiger charge is -2.37. The number of amides is 3. The molecule has 3 rings (SSSR count). The Morgan fingerprint density at radius 2 is 1.82 bits per heavy atom. The maximum Gasteiger partial charge on any atom is 0.271 e. The van der Waals surface area contributed by atoms with E-state index in [0.29, 0.717) is 64.2 Å². The first-order chi connectivity index (χ1) is 13.4. The molecule has 3 aliphatic rings. The lowest BCUT2D eigenvalue weighted by molar-refractivity contribution is -0.139. The highest BCUT2D eigenvalue weighted by atomic mass is 16.7. The van der Waals surface area contributed by atoms with Gasteiger partial charge in [-0.1, -0.05) is 5.16 Å². The van der Waals surface area contributed by atoms with Crippen molar-refractivity contribution in [3.63, 3.8) is 0 Å². The van der Waals surface area contributed by atoms with Crippen LogP contribution in [0.5, 0.6) is 0 Å². The highest BCUT2D eigenvalue weighted by Gasteiger charge is 2.45. The molecule has 3 heterocycles. The van der Waals surface area contributed by atoms with Crippen LogP contribution in [0.1, 0.15) is 52.9 Å². The van der Waals surface area contributed by atoms with Crippen molar-refractivity contribution in [1.82, 2.24) is 14.7 Å². The Labute approximate surface area is 166 Å². The van der Waals surface area contributed by atoms with Gasteiger partial charge in [-0.2, -0.15) is 0 Å². The van der Waals surface area contributed by atoms with Gasteiger partial charge in [0.1, 0.15) is 11.3 Å². The zero-order valence-electron chi connectivity index (χ0n) is 17.3. The second-order valence-corrected chi connectivity index (χ2v) is 8.10. The largest absolute Gasteiger partial charge is 0.388 e. The first-order valence-corrected chi connectivity index (χ1v) is 10.5. The van der Waals surface area contributed by atoms with Gasteiger partial charge < -0.3 is 19.5 Å². The number of rotatable bonds is 4. The van der Waals surface area contributed by atoms with Crippen molar-refractivity contribution >= 4 is 23.4 Å². The highest BCUT2D eigenvalue weighted by Crippen LogP contribution is 2.35. The number of carbonyl (C=O) groups excluding carboxylic acids is 3. The second-order valence-electron chi connectivity index (χ2n) is 8.10. The average Bonchev–Trinajstić information content (AvgIpc) is 3.12. The summed E-state index contributed by atoms with van der Waals surface area (Å²) in [6.45, 7) is 9.31. The SMILES string of the molecule is CCN(CC)C(=O)C1CCCN(C(=O)C2=NOC3(CCN(C(C)=O)CC3)C2)C1. The predicted molar refractivity (Wildman–Crippen MR) is 105 cm³/mol. The van der Waals surface area contributed by atoms with Crippen molar-refractivity contribution in [2.45, 2.75) is 58.5 Å². The van der Waals surface area contributed by atoms with Crippen LogP contribution in [-0.4, -0.2) is 83.0 Å². The predicted octanol–water partition coefficient (Wildman–Crippen LogP) is 1.25. The van der Waals surface area contributed by atoms with Crippen LogP contribution in [0.4, 0.5) is 0 Å². The Hall–Kier alpha value is -2.12. The summed E-state index contributed by atoms with van der Waals surface area (Å²) in [6, 6.07) is 0. The third kappa shape index (κ3) is 4.15. The number of likely N-dealkylation sites (tertiary alicyclic amines) is 2. The Morgan fingerprint density at radius 3 is 2.43 bits per heavy atom. The van der Waals surface area contributed by atoms with Gasteiger partial charge in [0.2, 0.25) is 11.8 Å². The van der Waals surface area contributed by atoms with Crippen LogP contribution >= 0.6 is 0 Å². The molecule has 0 aromatic carbocycles. The zero-order chi connectivity index (χ0) is 20.3. The summed E-state index contributed by atoms with van der Waals surface area (Å²) in [6.07, 6.45) is 3.53. The Kier molecular flexibility index (Phi) is 6.25. The van der Waals surface area contributed by atoms with Gasteiger partial charge in [-0.3, -0.25) is 14.4 Å². The van der Waals surface area contributed by atoms with E-state index in [1.807, 2.05) is 23.6 Å². The van der Waals surface area contributed by atoms with Crippen LogP contribution in [0.2, 0.25) is 0 Å². The third-order valence-corrected chi connectivity index (χ3v) is 6.34. The van der Waals surface area contributed by atoms with Crippen molar-refractivity contribution in [3.8, 4) is 0 Å². The molecular weight excluding hydrogens is 360 g/mol. The van der Waals surface area contributed by atoms with Crippen LogP contribution < -0.4 is 0 Å². The second kappa shape index (κ2) is 8.49. The summed E-state index contributed by atoms with van der Waals surface area (Å²) in [5, 5.41) is 4.12. The first kappa shape index (κ1) is 20.6. The third-order valence-electron chi connectivity index (χ3n) is 6.34. The quantitative estimate of drug-likeness (QED) is 0.721. The number of hydrogen-bond acceptors (Lipinski definition) is 5. The smallest absolute Gasteiger partial charge is 0.271 e. The molecule has 0 aromatic rings. The molecular formula is C20H32N4O4. The Morgan fingerprint density at radius 1 is 1.14 bits per heavy atom. The minimum absolute atomic E-state index is 0.0716. The number of hydrogen-bond donors (Lipinski definition) is 0. The van der Waals surface area contributed by atoms with Crippen molar-refractivity contribution in [3.05, 3.63) is 0 Å². The molecule has 0 saturated carbocycles. The molecule has 2 saturated heterocycles. The normalized spacial score (nSPS) is 24.0. The van der Waals surface area contributed by atoms with Crippen molar-refractivity contribution < 1.29 is 19.2 Å². The van der Waals surface area contributed by atoms with E-state index in [4.69, 9.17) is 4.84 Å². The fourth-order valence-corrected chi connectivity index (χ4v) is 4.47. The van der Waals surface area contributed by atoms with Crippen LogP contribution in [-0.2, 0) is 19.2 Å². The van der Waals surface area contributed by atoms with E-state index in [9.17, 15) is 14.4 Å². The van der Waals surface area contributed by atoms with E-state index < -0.39 is 5.60 Å². The van der Waals surface area contributed by atoms with Gasteiger partial charge in [-0.15, -0.1) is 0 Å². The standard InChI is InChI=1S/C20H32N4O4/c1-4-22(5-2)18(26)16-7-6-10-24(14-16)19(27)17-13-20(28-21-17)8-11-23(12-9-20)15(3)25/h16H,4-14H2,1-3H3. The number of piperidine rings is 2. The zero-order valence-corrected chi connectivity index (χ0v) is 17.3. The highest BCUT2D eigenvalue weighted by molar-refractivity contribution is 6.39. The van der Waals surface area contributed by atoms with Gasteiger partial charge >= 0.3 is 0 Å². The molecule has 3 amide bonds. The molecule has 0 aromatic heterocycles.